The molecule has 0 amide bonds. The molecule has 0 radical (unpaired) electrons. The van der Waals surface area contributed by atoms with Gasteiger partial charge in [0, 0.05) is 5.92 Å². The Balaban J connectivity index is 2.31. The zero-order valence-electron chi connectivity index (χ0n) is 14.6. The quantitative estimate of drug-likeness (QED) is 0.567. The lowest BCUT2D eigenvalue weighted by atomic mass is 9.68. The van der Waals surface area contributed by atoms with E-state index >= 15 is 0 Å². The molecular formula is C16H32O4SSi. The molecule has 3 atom stereocenters. The van der Waals surface area contributed by atoms with E-state index in [0.717, 1.165) is 44.9 Å². The second-order valence-corrected chi connectivity index (χ2v) is 14.1. The molecule has 0 aromatic rings. The lowest BCUT2D eigenvalue weighted by molar-refractivity contribution is -0.0877. The van der Waals surface area contributed by atoms with E-state index in [9.17, 15) is 8.42 Å². The molecule has 2 fully saturated rings. The fourth-order valence-electron chi connectivity index (χ4n) is 4.35. The average molecular weight is 349 g/mol. The standard InChI is InChI=1S/C16H32O4SSi/c1-21(17,18)19-15-11-6-5-8-12-16(20-22(2,3)4)13-9-7-10-14(15)16/h14-15H,5-13H2,1-4H3/t14-,15-,16+/m0/s1. The minimum absolute atomic E-state index is 0.154. The van der Waals surface area contributed by atoms with Gasteiger partial charge in [0.15, 0.2) is 8.32 Å². The summed E-state index contributed by atoms with van der Waals surface area (Å²) in [6.45, 7) is 6.70. The van der Waals surface area contributed by atoms with Gasteiger partial charge in [-0.3, -0.25) is 4.18 Å². The molecule has 0 bridgehead atoms. The van der Waals surface area contributed by atoms with Crippen molar-refractivity contribution in [3.8, 4) is 0 Å². The topological polar surface area (TPSA) is 52.6 Å². The molecule has 0 unspecified atom stereocenters. The maximum Gasteiger partial charge on any atom is 0.264 e. The van der Waals surface area contributed by atoms with Crippen LogP contribution in [0.3, 0.4) is 0 Å². The largest absolute Gasteiger partial charge is 0.412 e. The van der Waals surface area contributed by atoms with E-state index in [1.807, 2.05) is 0 Å². The second-order valence-electron chi connectivity index (χ2n) is 8.07. The summed E-state index contributed by atoms with van der Waals surface area (Å²) in [7, 11) is -5.11. The molecule has 2 aliphatic rings. The van der Waals surface area contributed by atoms with Gasteiger partial charge in [-0.25, -0.2) is 0 Å². The Morgan fingerprint density at radius 3 is 2.14 bits per heavy atom. The van der Waals surface area contributed by atoms with E-state index < -0.39 is 18.4 Å². The Labute approximate surface area is 137 Å². The van der Waals surface area contributed by atoms with Crippen LogP contribution in [0, 0.1) is 5.92 Å². The number of hydrogen-bond acceptors (Lipinski definition) is 4. The molecule has 0 heterocycles. The molecule has 2 aliphatic carbocycles. The smallest absolute Gasteiger partial charge is 0.264 e. The van der Waals surface area contributed by atoms with Gasteiger partial charge in [0.25, 0.3) is 10.1 Å². The van der Waals surface area contributed by atoms with Gasteiger partial charge in [-0.05, 0) is 45.3 Å². The molecule has 6 heteroatoms. The molecule has 0 aliphatic heterocycles. The lowest BCUT2D eigenvalue weighted by Crippen LogP contribution is -2.54. The van der Waals surface area contributed by atoms with E-state index in [4.69, 9.17) is 8.61 Å². The predicted octanol–water partition coefficient (Wildman–Crippen LogP) is 4.08. The fourth-order valence-corrected chi connectivity index (χ4v) is 6.60. The summed E-state index contributed by atoms with van der Waals surface area (Å²) in [5.74, 6) is 0.225. The Kier molecular flexibility index (Phi) is 5.79. The summed E-state index contributed by atoms with van der Waals surface area (Å²) in [4.78, 5) is 0. The minimum atomic E-state index is -3.42. The molecular weight excluding hydrogens is 316 g/mol. The molecule has 130 valence electrons. The van der Waals surface area contributed by atoms with Crippen LogP contribution in [-0.4, -0.2) is 34.7 Å². The van der Waals surface area contributed by atoms with Gasteiger partial charge in [0.05, 0.1) is 18.0 Å². The molecule has 0 aromatic heterocycles. The van der Waals surface area contributed by atoms with E-state index in [1.165, 1.54) is 19.1 Å². The van der Waals surface area contributed by atoms with Gasteiger partial charge in [0.2, 0.25) is 0 Å². The van der Waals surface area contributed by atoms with E-state index in [0.29, 0.717) is 0 Å². The Morgan fingerprint density at radius 2 is 1.55 bits per heavy atom. The first kappa shape index (κ1) is 18.4. The fraction of sp³-hybridized carbons (Fsp3) is 1.00. The van der Waals surface area contributed by atoms with Crippen LogP contribution in [0.2, 0.25) is 19.6 Å². The summed E-state index contributed by atoms with van der Waals surface area (Å²) < 4.78 is 35.7. The van der Waals surface area contributed by atoms with Gasteiger partial charge in [-0.2, -0.15) is 8.42 Å². The summed E-state index contributed by atoms with van der Waals surface area (Å²) in [6.07, 6.45) is 10.7. The number of fused-ring (bicyclic) bond motifs is 1. The van der Waals surface area contributed by atoms with Crippen LogP contribution in [0.15, 0.2) is 0 Å². The third kappa shape index (κ3) is 5.04. The van der Waals surface area contributed by atoms with Crippen molar-refractivity contribution in [1.82, 2.24) is 0 Å². The van der Waals surface area contributed by atoms with Crippen molar-refractivity contribution in [2.45, 2.75) is 89.1 Å². The third-order valence-electron chi connectivity index (χ3n) is 4.89. The molecule has 0 N–H and O–H groups in total. The van der Waals surface area contributed by atoms with E-state index in [1.54, 1.807) is 0 Å². The van der Waals surface area contributed by atoms with Gasteiger partial charge >= 0.3 is 0 Å². The van der Waals surface area contributed by atoms with Crippen LogP contribution in [-0.2, 0) is 18.7 Å². The average Bonchev–Trinajstić information content (AvgIpc) is 2.32. The maximum absolute atomic E-state index is 11.7. The molecule has 22 heavy (non-hydrogen) atoms. The first-order chi connectivity index (χ1) is 10.1. The van der Waals surface area contributed by atoms with Crippen LogP contribution in [0.25, 0.3) is 0 Å². The van der Waals surface area contributed by atoms with Crippen molar-refractivity contribution >= 4 is 18.4 Å². The zero-order valence-corrected chi connectivity index (χ0v) is 16.4. The maximum atomic E-state index is 11.7. The summed E-state index contributed by atoms with van der Waals surface area (Å²) in [5.41, 5.74) is -0.154. The molecule has 2 rings (SSSR count). The van der Waals surface area contributed by atoms with Crippen molar-refractivity contribution in [2.24, 2.45) is 5.92 Å². The highest BCUT2D eigenvalue weighted by Crippen LogP contribution is 2.47. The van der Waals surface area contributed by atoms with Crippen LogP contribution >= 0.6 is 0 Å². The van der Waals surface area contributed by atoms with E-state index in [2.05, 4.69) is 19.6 Å². The molecule has 2 saturated carbocycles. The summed E-state index contributed by atoms with van der Waals surface area (Å²) >= 11 is 0. The Hall–Kier alpha value is 0.0869. The molecule has 4 nitrogen and oxygen atoms in total. The van der Waals surface area contributed by atoms with E-state index in [-0.39, 0.29) is 17.6 Å². The van der Waals surface area contributed by atoms with Gasteiger partial charge in [-0.15, -0.1) is 0 Å². The Morgan fingerprint density at radius 1 is 0.955 bits per heavy atom. The highest BCUT2D eigenvalue weighted by atomic mass is 32.2. The van der Waals surface area contributed by atoms with Crippen molar-refractivity contribution in [3.63, 3.8) is 0 Å². The number of hydrogen-bond donors (Lipinski definition) is 0. The van der Waals surface area contributed by atoms with Crippen molar-refractivity contribution in [2.75, 3.05) is 6.26 Å². The molecule has 0 aromatic carbocycles. The van der Waals surface area contributed by atoms with Gasteiger partial charge in [-0.1, -0.05) is 32.1 Å². The number of rotatable bonds is 4. The highest BCUT2D eigenvalue weighted by Gasteiger charge is 2.48. The van der Waals surface area contributed by atoms with Crippen molar-refractivity contribution < 1.29 is 17.0 Å². The van der Waals surface area contributed by atoms with Crippen LogP contribution in [0.1, 0.15) is 57.8 Å². The van der Waals surface area contributed by atoms with Crippen molar-refractivity contribution in [3.05, 3.63) is 0 Å². The van der Waals surface area contributed by atoms with Crippen LogP contribution in [0.4, 0.5) is 0 Å². The molecule has 0 spiro atoms. The SMILES string of the molecule is C[Si](C)(C)O[C@@]12CCCCC[C@H](OS(C)(=O)=O)[C@@H]1CCCC2. The predicted molar refractivity (Wildman–Crippen MR) is 91.9 cm³/mol. The van der Waals surface area contributed by atoms with Crippen LogP contribution in [0.5, 0.6) is 0 Å². The first-order valence-corrected chi connectivity index (χ1v) is 13.9. The summed E-state index contributed by atoms with van der Waals surface area (Å²) in [5, 5.41) is 0. The zero-order chi connectivity index (χ0) is 16.4. The Bertz CT molecular complexity index is 471. The molecule has 0 saturated heterocycles. The summed E-state index contributed by atoms with van der Waals surface area (Å²) in [6, 6.07) is 0. The van der Waals surface area contributed by atoms with Crippen LogP contribution < -0.4 is 0 Å². The monoisotopic (exact) mass is 348 g/mol. The lowest BCUT2D eigenvalue weighted by Gasteiger charge is -2.51. The van der Waals surface area contributed by atoms with Gasteiger partial charge in [0.1, 0.15) is 0 Å². The van der Waals surface area contributed by atoms with Gasteiger partial charge < -0.3 is 4.43 Å². The van der Waals surface area contributed by atoms with Crippen molar-refractivity contribution in [1.29, 1.82) is 0 Å². The first-order valence-electron chi connectivity index (χ1n) is 8.70. The second kappa shape index (κ2) is 6.91. The minimum Gasteiger partial charge on any atom is -0.412 e. The highest BCUT2D eigenvalue weighted by molar-refractivity contribution is 7.86. The third-order valence-corrected chi connectivity index (χ3v) is 6.50. The normalized spacial score (nSPS) is 34.5.